The van der Waals surface area contributed by atoms with Crippen LogP contribution < -0.4 is 15.4 Å². The summed E-state index contributed by atoms with van der Waals surface area (Å²) in [6, 6.07) is 5.40. The summed E-state index contributed by atoms with van der Waals surface area (Å²) in [7, 11) is 0. The summed E-state index contributed by atoms with van der Waals surface area (Å²) in [6.07, 6.45) is 0. The Morgan fingerprint density at radius 3 is 2.50 bits per heavy atom. The molecule has 1 rings (SSSR count). The number of carbonyl (C=O) groups is 3. The predicted molar refractivity (Wildman–Crippen MR) is 71.5 cm³/mol. The number of ether oxygens (including phenoxy) is 1. The van der Waals surface area contributed by atoms with Gasteiger partial charge in [-0.2, -0.15) is 0 Å². The lowest BCUT2D eigenvalue weighted by Crippen LogP contribution is -2.43. The van der Waals surface area contributed by atoms with Gasteiger partial charge in [-0.1, -0.05) is 6.07 Å². The molecule has 0 bridgehead atoms. The second-order valence-corrected chi connectivity index (χ2v) is 4.11. The number of rotatable bonds is 6. The van der Waals surface area contributed by atoms with Gasteiger partial charge in [-0.15, -0.1) is 0 Å². The number of aliphatic carboxylic acids is 1. The number of carbonyl (C=O) groups excluding carboxylic acids is 2. The minimum atomic E-state index is -1.18. The zero-order valence-corrected chi connectivity index (χ0v) is 11.2. The number of nitrogens with one attached hydrogen (secondary N) is 2. The van der Waals surface area contributed by atoms with Gasteiger partial charge in [-0.25, -0.2) is 4.79 Å². The number of amides is 2. The van der Waals surface area contributed by atoms with Crippen LogP contribution in [-0.2, 0) is 14.4 Å². The van der Waals surface area contributed by atoms with Crippen LogP contribution in [0.15, 0.2) is 24.3 Å². The Balaban J connectivity index is 2.65. The largest absolute Gasteiger partial charge is 0.491 e. The Morgan fingerprint density at radius 1 is 1.25 bits per heavy atom. The van der Waals surface area contributed by atoms with Crippen LogP contribution in [0.5, 0.6) is 5.75 Å². The third-order valence-electron chi connectivity index (χ3n) is 2.25. The molecule has 0 aliphatic carbocycles. The van der Waals surface area contributed by atoms with Gasteiger partial charge in [0.05, 0.1) is 0 Å². The van der Waals surface area contributed by atoms with E-state index >= 15 is 0 Å². The quantitative estimate of drug-likeness (QED) is 0.708. The van der Waals surface area contributed by atoms with Crippen LogP contribution in [0.1, 0.15) is 13.8 Å². The third kappa shape index (κ3) is 5.38. The first-order chi connectivity index (χ1) is 9.38. The molecule has 0 aromatic heterocycles. The number of hydrogen-bond donors (Lipinski definition) is 3. The summed E-state index contributed by atoms with van der Waals surface area (Å²) >= 11 is 0. The molecule has 3 N–H and O–H groups in total. The predicted octanol–water partition coefficient (Wildman–Crippen LogP) is 0.613. The fourth-order valence-corrected chi connectivity index (χ4v) is 1.47. The van der Waals surface area contributed by atoms with Crippen LogP contribution in [0.3, 0.4) is 0 Å². The molecular weight excluding hydrogens is 264 g/mol. The highest BCUT2D eigenvalue weighted by molar-refractivity contribution is 5.88. The van der Waals surface area contributed by atoms with Gasteiger partial charge in [0.1, 0.15) is 12.4 Å². The van der Waals surface area contributed by atoms with Crippen LogP contribution in [0.4, 0.5) is 5.69 Å². The van der Waals surface area contributed by atoms with Gasteiger partial charge in [0.25, 0.3) is 0 Å². The van der Waals surface area contributed by atoms with Crippen molar-refractivity contribution in [1.29, 1.82) is 0 Å². The molecule has 0 aliphatic rings. The molecule has 1 aromatic rings. The topological polar surface area (TPSA) is 105 Å². The van der Waals surface area contributed by atoms with E-state index in [0.717, 1.165) is 0 Å². The first-order valence-corrected chi connectivity index (χ1v) is 5.89. The van der Waals surface area contributed by atoms with Gasteiger partial charge in [0.15, 0.2) is 6.04 Å². The second-order valence-electron chi connectivity index (χ2n) is 4.11. The first-order valence-electron chi connectivity index (χ1n) is 5.89. The van der Waals surface area contributed by atoms with Crippen molar-refractivity contribution in [2.75, 3.05) is 11.9 Å². The highest BCUT2D eigenvalue weighted by atomic mass is 16.5. The maximum absolute atomic E-state index is 10.9. The van der Waals surface area contributed by atoms with E-state index in [1.807, 2.05) is 0 Å². The van der Waals surface area contributed by atoms with Crippen LogP contribution in [0.2, 0.25) is 0 Å². The zero-order valence-electron chi connectivity index (χ0n) is 11.2. The van der Waals surface area contributed by atoms with Crippen LogP contribution in [0.25, 0.3) is 0 Å². The summed E-state index contributed by atoms with van der Waals surface area (Å²) in [5, 5.41) is 13.8. The van der Waals surface area contributed by atoms with Crippen molar-refractivity contribution in [3.8, 4) is 5.75 Å². The lowest BCUT2D eigenvalue weighted by atomic mass is 10.3. The van der Waals surface area contributed by atoms with Gasteiger partial charge in [0, 0.05) is 25.6 Å². The molecule has 0 saturated carbocycles. The smallest absolute Gasteiger partial charge is 0.329 e. The molecule has 108 valence electrons. The Morgan fingerprint density at radius 2 is 1.95 bits per heavy atom. The second kappa shape index (κ2) is 7.13. The lowest BCUT2D eigenvalue weighted by Gasteiger charge is -2.14. The lowest BCUT2D eigenvalue weighted by molar-refractivity contribution is -0.142. The Kier molecular flexibility index (Phi) is 5.52. The van der Waals surface area contributed by atoms with Gasteiger partial charge < -0.3 is 20.5 Å². The number of carboxylic acids is 1. The molecule has 1 aromatic carbocycles. The summed E-state index contributed by atoms with van der Waals surface area (Å²) in [4.78, 5) is 32.7. The molecule has 0 fully saturated rings. The first kappa shape index (κ1) is 15.5. The molecule has 1 unspecified atom stereocenters. The number of carboxylic acid groups (broad SMARTS) is 1. The monoisotopic (exact) mass is 280 g/mol. The Bertz CT molecular complexity index is 515. The Hall–Kier alpha value is -2.57. The summed E-state index contributed by atoms with van der Waals surface area (Å²) in [5.74, 6) is -1.46. The molecule has 0 radical (unpaired) electrons. The van der Waals surface area contributed by atoms with E-state index < -0.39 is 17.9 Å². The molecule has 7 nitrogen and oxygen atoms in total. The third-order valence-corrected chi connectivity index (χ3v) is 2.25. The normalized spacial score (nSPS) is 11.3. The van der Waals surface area contributed by atoms with Crippen molar-refractivity contribution in [2.24, 2.45) is 0 Å². The van der Waals surface area contributed by atoms with Crippen molar-refractivity contribution in [2.45, 2.75) is 19.9 Å². The van der Waals surface area contributed by atoms with Gasteiger partial charge in [-0.3, -0.25) is 9.59 Å². The molecular formula is C13H16N2O5. The van der Waals surface area contributed by atoms with Gasteiger partial charge in [0.2, 0.25) is 11.8 Å². The van der Waals surface area contributed by atoms with E-state index in [4.69, 9.17) is 9.84 Å². The fraction of sp³-hybridized carbons (Fsp3) is 0.308. The van der Waals surface area contributed by atoms with Crippen molar-refractivity contribution in [1.82, 2.24) is 5.32 Å². The molecule has 2 amide bonds. The fourth-order valence-electron chi connectivity index (χ4n) is 1.47. The summed E-state index contributed by atoms with van der Waals surface area (Å²) in [5.41, 5.74) is 0.543. The average molecular weight is 280 g/mol. The van der Waals surface area contributed by atoms with Crippen molar-refractivity contribution in [3.63, 3.8) is 0 Å². The number of benzene rings is 1. The van der Waals surface area contributed by atoms with E-state index in [-0.39, 0.29) is 12.5 Å². The highest BCUT2D eigenvalue weighted by Crippen LogP contribution is 2.17. The number of hydrogen-bond acceptors (Lipinski definition) is 4. The van der Waals surface area contributed by atoms with E-state index in [1.165, 1.54) is 13.8 Å². The van der Waals surface area contributed by atoms with E-state index in [9.17, 15) is 14.4 Å². The maximum Gasteiger partial charge on any atom is 0.329 e. The minimum Gasteiger partial charge on any atom is -0.491 e. The molecule has 1 atom stereocenters. The van der Waals surface area contributed by atoms with Crippen molar-refractivity contribution in [3.05, 3.63) is 24.3 Å². The Labute approximate surface area is 115 Å². The molecule has 0 spiro atoms. The SMILES string of the molecule is CC(=O)Nc1cccc(OCC(NC(C)=O)C(=O)O)c1. The summed E-state index contributed by atoms with van der Waals surface area (Å²) < 4.78 is 5.31. The maximum atomic E-state index is 10.9. The number of anilines is 1. The van der Waals surface area contributed by atoms with E-state index in [1.54, 1.807) is 24.3 Å². The average Bonchev–Trinajstić information content (AvgIpc) is 2.33. The van der Waals surface area contributed by atoms with E-state index in [2.05, 4.69) is 10.6 Å². The standard InChI is InChI=1S/C13H16N2O5/c1-8(16)14-10-4-3-5-11(6-10)20-7-12(13(18)19)15-9(2)17/h3-6,12H,7H2,1-2H3,(H,14,16)(H,15,17)(H,18,19). The van der Waals surface area contributed by atoms with E-state index in [0.29, 0.717) is 11.4 Å². The van der Waals surface area contributed by atoms with Crippen LogP contribution in [0, 0.1) is 0 Å². The molecule has 0 aliphatic heterocycles. The van der Waals surface area contributed by atoms with Gasteiger partial charge >= 0.3 is 5.97 Å². The molecule has 20 heavy (non-hydrogen) atoms. The van der Waals surface area contributed by atoms with Crippen LogP contribution in [-0.4, -0.2) is 35.5 Å². The molecule has 0 heterocycles. The summed E-state index contributed by atoms with van der Waals surface area (Å²) in [6.45, 7) is 2.40. The van der Waals surface area contributed by atoms with Crippen LogP contribution >= 0.6 is 0 Å². The molecule has 0 saturated heterocycles. The van der Waals surface area contributed by atoms with Crippen molar-refractivity contribution >= 4 is 23.5 Å². The molecule has 7 heteroatoms. The minimum absolute atomic E-state index is 0.210. The van der Waals surface area contributed by atoms with Crippen molar-refractivity contribution < 1.29 is 24.2 Å². The zero-order chi connectivity index (χ0) is 15.1. The van der Waals surface area contributed by atoms with Gasteiger partial charge in [-0.05, 0) is 12.1 Å². The highest BCUT2D eigenvalue weighted by Gasteiger charge is 2.19.